The second-order valence-electron chi connectivity index (χ2n) is 10.6. The molecule has 0 aliphatic heterocycles. The van der Waals surface area contributed by atoms with Gasteiger partial charge in [-0.15, -0.1) is 11.6 Å². The second-order valence-corrected chi connectivity index (χ2v) is 16.2. The molecular formula is C33H50ClNO5Si. The maximum absolute atomic E-state index is 12.6. The lowest BCUT2D eigenvalue weighted by atomic mass is 10.1. The molecule has 0 fully saturated rings. The SMILES string of the molecule is CC[Si](CC)(CC)/C(=C/CCl)C[C@H](OCC(=O)N(C)C)[C@H](CCOCc1ccccc1)OCc1ccc(OC)cc1. The number of benzene rings is 2. The highest BCUT2D eigenvalue weighted by atomic mass is 35.5. The van der Waals surface area contributed by atoms with Gasteiger partial charge >= 0.3 is 0 Å². The second kappa shape index (κ2) is 19.1. The van der Waals surface area contributed by atoms with Crippen molar-refractivity contribution in [3.8, 4) is 5.75 Å². The van der Waals surface area contributed by atoms with Crippen molar-refractivity contribution in [2.75, 3.05) is 40.3 Å². The van der Waals surface area contributed by atoms with Gasteiger partial charge in [0.2, 0.25) is 5.91 Å². The van der Waals surface area contributed by atoms with Crippen LogP contribution in [0.4, 0.5) is 0 Å². The third kappa shape index (κ3) is 11.6. The Hall–Kier alpha value is -2.16. The van der Waals surface area contributed by atoms with Crippen LogP contribution in [0, 0.1) is 0 Å². The van der Waals surface area contributed by atoms with Crippen molar-refractivity contribution in [2.45, 2.75) is 77.2 Å². The van der Waals surface area contributed by atoms with E-state index in [2.05, 4.69) is 39.0 Å². The first-order valence-electron chi connectivity index (χ1n) is 14.8. The molecule has 41 heavy (non-hydrogen) atoms. The van der Waals surface area contributed by atoms with Gasteiger partial charge in [-0.2, -0.15) is 0 Å². The number of likely N-dealkylation sites (N-methyl/N-ethyl adjacent to an activating group) is 1. The number of carbonyl (C=O) groups excluding carboxylic acids is 1. The summed E-state index contributed by atoms with van der Waals surface area (Å²) in [5.41, 5.74) is 2.17. The lowest BCUT2D eigenvalue weighted by Crippen LogP contribution is -2.41. The molecule has 0 saturated carbocycles. The van der Waals surface area contributed by atoms with Gasteiger partial charge in [0.05, 0.1) is 40.6 Å². The molecule has 0 bridgehead atoms. The third-order valence-corrected chi connectivity index (χ3v) is 14.1. The first kappa shape index (κ1) is 35.0. The minimum absolute atomic E-state index is 0.00196. The normalized spacial score (nSPS) is 13.6. The van der Waals surface area contributed by atoms with Gasteiger partial charge in [0.25, 0.3) is 0 Å². The van der Waals surface area contributed by atoms with Crippen molar-refractivity contribution in [3.05, 3.63) is 77.0 Å². The van der Waals surface area contributed by atoms with E-state index in [0.717, 1.165) is 35.0 Å². The molecule has 228 valence electrons. The molecule has 0 aromatic heterocycles. The van der Waals surface area contributed by atoms with Crippen LogP contribution in [0.2, 0.25) is 18.1 Å². The molecule has 2 aromatic rings. The Balaban J connectivity index is 2.32. The quantitative estimate of drug-likeness (QED) is 0.0905. The van der Waals surface area contributed by atoms with Crippen molar-refractivity contribution >= 4 is 25.6 Å². The molecule has 0 aliphatic rings. The highest BCUT2D eigenvalue weighted by Crippen LogP contribution is 2.33. The Morgan fingerprint density at radius 2 is 1.54 bits per heavy atom. The van der Waals surface area contributed by atoms with Crippen molar-refractivity contribution in [1.82, 2.24) is 4.90 Å². The van der Waals surface area contributed by atoms with E-state index in [0.29, 0.717) is 38.5 Å². The average molecular weight is 604 g/mol. The van der Waals surface area contributed by atoms with Crippen LogP contribution in [0.15, 0.2) is 65.9 Å². The number of hydrogen-bond acceptors (Lipinski definition) is 5. The van der Waals surface area contributed by atoms with Crippen molar-refractivity contribution in [3.63, 3.8) is 0 Å². The van der Waals surface area contributed by atoms with Gasteiger partial charge in [-0.1, -0.05) is 92.6 Å². The van der Waals surface area contributed by atoms with E-state index < -0.39 is 8.07 Å². The summed E-state index contributed by atoms with van der Waals surface area (Å²) < 4.78 is 24.4. The number of halogens is 1. The summed E-state index contributed by atoms with van der Waals surface area (Å²) in [6.45, 7) is 8.34. The number of carbonyl (C=O) groups is 1. The van der Waals surface area contributed by atoms with Gasteiger partial charge in [-0.25, -0.2) is 0 Å². The van der Waals surface area contributed by atoms with Crippen LogP contribution in [-0.2, 0) is 32.2 Å². The summed E-state index contributed by atoms with van der Waals surface area (Å²) in [7, 11) is 3.42. The fourth-order valence-corrected chi connectivity index (χ4v) is 9.48. The van der Waals surface area contributed by atoms with Crippen molar-refractivity contribution in [1.29, 1.82) is 0 Å². The van der Waals surface area contributed by atoms with Crippen LogP contribution in [0.1, 0.15) is 44.7 Å². The van der Waals surface area contributed by atoms with Crippen molar-refractivity contribution < 1.29 is 23.7 Å². The van der Waals surface area contributed by atoms with Crippen molar-refractivity contribution in [2.24, 2.45) is 0 Å². The lowest BCUT2D eigenvalue weighted by Gasteiger charge is -2.36. The molecule has 2 aromatic carbocycles. The number of ether oxygens (including phenoxy) is 4. The smallest absolute Gasteiger partial charge is 0.248 e. The van der Waals surface area contributed by atoms with Gasteiger partial charge < -0.3 is 23.8 Å². The minimum atomic E-state index is -1.73. The summed E-state index contributed by atoms with van der Waals surface area (Å²) >= 11 is 6.31. The summed E-state index contributed by atoms with van der Waals surface area (Å²) in [6.07, 6.45) is 2.93. The zero-order chi connectivity index (χ0) is 30.1. The Kier molecular flexibility index (Phi) is 16.3. The molecule has 0 radical (unpaired) electrons. The molecule has 6 nitrogen and oxygen atoms in total. The van der Waals surface area contributed by atoms with Gasteiger partial charge in [0, 0.05) is 26.6 Å². The largest absolute Gasteiger partial charge is 0.497 e. The van der Waals surface area contributed by atoms with Crippen LogP contribution >= 0.6 is 11.6 Å². The maximum Gasteiger partial charge on any atom is 0.248 e. The van der Waals surface area contributed by atoms with Gasteiger partial charge in [-0.05, 0) is 36.1 Å². The van der Waals surface area contributed by atoms with E-state index in [1.165, 1.54) is 5.20 Å². The Morgan fingerprint density at radius 1 is 0.902 bits per heavy atom. The van der Waals surface area contributed by atoms with E-state index in [9.17, 15) is 4.79 Å². The highest BCUT2D eigenvalue weighted by Gasteiger charge is 2.35. The molecule has 8 heteroatoms. The summed E-state index contributed by atoms with van der Waals surface area (Å²) in [4.78, 5) is 14.2. The number of nitrogens with zero attached hydrogens (tertiary/aromatic N) is 1. The van der Waals surface area contributed by atoms with Gasteiger partial charge in [0.15, 0.2) is 0 Å². The van der Waals surface area contributed by atoms with E-state index >= 15 is 0 Å². The predicted octanol–water partition coefficient (Wildman–Crippen LogP) is 7.26. The zero-order valence-corrected chi connectivity index (χ0v) is 27.6. The number of methoxy groups -OCH3 is 1. The van der Waals surface area contributed by atoms with E-state index in [1.807, 2.05) is 42.5 Å². The predicted molar refractivity (Wildman–Crippen MR) is 171 cm³/mol. The molecule has 0 aliphatic carbocycles. The summed E-state index contributed by atoms with van der Waals surface area (Å²) in [5.74, 6) is 1.20. The number of alkyl halides is 1. The number of hydrogen-bond donors (Lipinski definition) is 0. The fourth-order valence-electron chi connectivity index (χ4n) is 5.13. The average Bonchev–Trinajstić information content (AvgIpc) is 3.00. The van der Waals surface area contributed by atoms with E-state index in [4.69, 9.17) is 30.5 Å². The van der Waals surface area contributed by atoms with Crippen LogP contribution < -0.4 is 4.74 Å². The Morgan fingerprint density at radius 3 is 2.10 bits per heavy atom. The topological polar surface area (TPSA) is 57.2 Å². The molecule has 2 atom stereocenters. The summed E-state index contributed by atoms with van der Waals surface area (Å²) in [5, 5.41) is 1.41. The lowest BCUT2D eigenvalue weighted by molar-refractivity contribution is -0.141. The van der Waals surface area contributed by atoms with Crippen LogP contribution in [-0.4, -0.2) is 71.4 Å². The highest BCUT2D eigenvalue weighted by molar-refractivity contribution is 6.86. The molecular weight excluding hydrogens is 554 g/mol. The third-order valence-electron chi connectivity index (χ3n) is 8.07. The number of allylic oxidation sites excluding steroid dienone is 1. The molecule has 0 N–H and O–H groups in total. The van der Waals surface area contributed by atoms with E-state index in [1.54, 1.807) is 26.1 Å². The van der Waals surface area contributed by atoms with Gasteiger partial charge in [-0.3, -0.25) is 4.79 Å². The number of amides is 1. The number of rotatable bonds is 20. The molecule has 0 saturated heterocycles. The standard InChI is InChI=1S/C33H50ClNO5Si/c1-7-41(8-2,9-3)30(19-21-34)23-32(40-26-33(36)35(4)5)31(20-22-38-24-27-13-11-10-12-14-27)39-25-28-15-17-29(37-6)18-16-28/h10-19,31-32H,7-9,20-26H2,1-6H3/b30-19+/t31-,32-/m0/s1. The molecule has 0 unspecified atom stereocenters. The van der Waals surface area contributed by atoms with Crippen LogP contribution in [0.5, 0.6) is 5.75 Å². The monoisotopic (exact) mass is 603 g/mol. The molecule has 2 rings (SSSR count). The maximum atomic E-state index is 12.6. The minimum Gasteiger partial charge on any atom is -0.497 e. The summed E-state index contributed by atoms with van der Waals surface area (Å²) in [6, 6.07) is 21.5. The molecule has 0 heterocycles. The fraction of sp³-hybridized carbons (Fsp3) is 0.545. The van der Waals surface area contributed by atoms with Crippen LogP contribution in [0.25, 0.3) is 0 Å². The zero-order valence-electron chi connectivity index (χ0n) is 25.9. The Bertz CT molecular complexity index is 1020. The molecule has 0 spiro atoms. The molecule has 1 amide bonds. The van der Waals surface area contributed by atoms with Gasteiger partial charge in [0.1, 0.15) is 12.4 Å². The first-order chi connectivity index (χ1) is 19.8. The van der Waals surface area contributed by atoms with Crippen LogP contribution in [0.3, 0.4) is 0 Å². The first-order valence-corrected chi connectivity index (χ1v) is 17.9. The Labute approximate surface area is 254 Å². The van der Waals surface area contributed by atoms with E-state index in [-0.39, 0.29) is 24.7 Å².